The molecule has 0 aliphatic rings. The molecule has 0 radical (unpaired) electrons. The monoisotopic (exact) mass is 262 g/mol. The molecule has 0 unspecified atom stereocenters. The maximum Gasteiger partial charge on any atom is 0.272 e. The third-order valence-corrected chi connectivity index (χ3v) is 2.88. The fourth-order valence-corrected chi connectivity index (χ4v) is 2.11. The summed E-state index contributed by atoms with van der Waals surface area (Å²) in [6, 6.07) is 10.7. The summed E-state index contributed by atoms with van der Waals surface area (Å²) in [5.41, 5.74) is 1.03. The highest BCUT2D eigenvalue weighted by molar-refractivity contribution is 6.31. The summed E-state index contributed by atoms with van der Waals surface area (Å²) in [6.07, 6.45) is 0. The molecule has 94 valence electrons. The zero-order chi connectivity index (χ0) is 13.3. The number of rotatable bonds is 1. The Balaban J connectivity index is 2.67. The quantitative estimate of drug-likeness (QED) is 0.791. The second-order valence-electron chi connectivity index (χ2n) is 5.18. The molecule has 18 heavy (non-hydrogen) atoms. The highest BCUT2D eigenvalue weighted by Crippen LogP contribution is 2.26. The van der Waals surface area contributed by atoms with Gasteiger partial charge in [-0.2, -0.15) is 9.78 Å². The molecule has 2 aromatic rings. The van der Waals surface area contributed by atoms with Gasteiger partial charge in [0.25, 0.3) is 5.56 Å². The van der Waals surface area contributed by atoms with Crippen LogP contribution in [-0.2, 0) is 5.41 Å². The Bertz CT molecular complexity index is 612. The molecule has 0 N–H and O–H groups in total. The molecule has 0 bridgehead atoms. The van der Waals surface area contributed by atoms with Crippen LogP contribution in [0.3, 0.4) is 0 Å². The third-order valence-electron chi connectivity index (χ3n) is 2.60. The summed E-state index contributed by atoms with van der Waals surface area (Å²) in [6.45, 7) is 6.04. The number of benzene rings is 1. The van der Waals surface area contributed by atoms with Crippen molar-refractivity contribution in [1.82, 2.24) is 9.78 Å². The van der Waals surface area contributed by atoms with Gasteiger partial charge in [-0.1, -0.05) is 50.6 Å². The summed E-state index contributed by atoms with van der Waals surface area (Å²) in [5, 5.41) is 4.80. The van der Waals surface area contributed by atoms with Crippen LogP contribution in [0.1, 0.15) is 26.5 Å². The van der Waals surface area contributed by atoms with E-state index in [2.05, 4.69) is 5.10 Å². The fourth-order valence-electron chi connectivity index (χ4n) is 1.70. The first-order chi connectivity index (χ1) is 8.39. The van der Waals surface area contributed by atoms with Crippen LogP contribution < -0.4 is 5.56 Å². The minimum atomic E-state index is -0.223. The molecule has 0 aliphatic heterocycles. The van der Waals surface area contributed by atoms with E-state index in [9.17, 15) is 4.79 Å². The number of hydrogen-bond donors (Lipinski definition) is 0. The van der Waals surface area contributed by atoms with Gasteiger partial charge in [0, 0.05) is 11.5 Å². The van der Waals surface area contributed by atoms with E-state index in [1.807, 2.05) is 51.1 Å². The fraction of sp³-hybridized carbons (Fsp3) is 0.286. The Kier molecular flexibility index (Phi) is 3.26. The smallest absolute Gasteiger partial charge is 0.267 e. The van der Waals surface area contributed by atoms with E-state index in [4.69, 9.17) is 11.6 Å². The van der Waals surface area contributed by atoms with Gasteiger partial charge in [0.05, 0.1) is 16.4 Å². The first-order valence-electron chi connectivity index (χ1n) is 5.75. The lowest BCUT2D eigenvalue weighted by Crippen LogP contribution is -2.26. The molecule has 0 fully saturated rings. The van der Waals surface area contributed by atoms with Gasteiger partial charge in [-0.15, -0.1) is 0 Å². The second-order valence-corrected chi connectivity index (χ2v) is 5.58. The first-order valence-corrected chi connectivity index (χ1v) is 6.13. The van der Waals surface area contributed by atoms with Crippen molar-refractivity contribution in [3.63, 3.8) is 0 Å². The number of para-hydroxylation sites is 1. The maximum absolute atomic E-state index is 11.9. The van der Waals surface area contributed by atoms with E-state index in [-0.39, 0.29) is 11.0 Å². The van der Waals surface area contributed by atoms with Gasteiger partial charge in [-0.05, 0) is 12.1 Å². The standard InChI is InChI=1S/C14H15ClN2O/c1-14(2,3)13-11(15)9-12(18)17(16-13)10-7-5-4-6-8-10/h4-9H,1-3H3. The van der Waals surface area contributed by atoms with Crippen molar-refractivity contribution in [1.29, 1.82) is 0 Å². The van der Waals surface area contributed by atoms with E-state index in [0.717, 1.165) is 5.69 Å². The van der Waals surface area contributed by atoms with Crippen LogP contribution in [0.25, 0.3) is 5.69 Å². The molecule has 2 rings (SSSR count). The lowest BCUT2D eigenvalue weighted by molar-refractivity contribution is 0.545. The van der Waals surface area contributed by atoms with E-state index in [0.29, 0.717) is 10.7 Å². The van der Waals surface area contributed by atoms with Crippen molar-refractivity contribution in [2.45, 2.75) is 26.2 Å². The number of aromatic nitrogens is 2. The Hall–Kier alpha value is -1.61. The molecule has 0 atom stereocenters. The molecule has 0 aliphatic carbocycles. The minimum Gasteiger partial charge on any atom is -0.267 e. The van der Waals surface area contributed by atoms with E-state index in [1.165, 1.54) is 10.7 Å². The van der Waals surface area contributed by atoms with E-state index >= 15 is 0 Å². The van der Waals surface area contributed by atoms with Gasteiger partial charge in [-0.25, -0.2) is 0 Å². The van der Waals surface area contributed by atoms with Crippen LogP contribution in [-0.4, -0.2) is 9.78 Å². The van der Waals surface area contributed by atoms with Gasteiger partial charge in [-0.3, -0.25) is 4.79 Å². The van der Waals surface area contributed by atoms with Crippen molar-refractivity contribution in [2.24, 2.45) is 0 Å². The van der Waals surface area contributed by atoms with Crippen LogP contribution in [0.5, 0.6) is 0 Å². The summed E-state index contributed by atoms with van der Waals surface area (Å²) < 4.78 is 1.38. The van der Waals surface area contributed by atoms with Crippen molar-refractivity contribution in [3.8, 4) is 5.69 Å². The molecule has 4 heteroatoms. The van der Waals surface area contributed by atoms with Gasteiger partial charge in [0.15, 0.2) is 0 Å². The number of nitrogens with zero attached hydrogens (tertiary/aromatic N) is 2. The summed E-state index contributed by atoms with van der Waals surface area (Å²) >= 11 is 6.10. The van der Waals surface area contributed by atoms with Gasteiger partial charge in [0.2, 0.25) is 0 Å². The van der Waals surface area contributed by atoms with Crippen molar-refractivity contribution < 1.29 is 0 Å². The summed E-state index contributed by atoms with van der Waals surface area (Å²) in [7, 11) is 0. The predicted octanol–water partition coefficient (Wildman–Crippen LogP) is 3.18. The summed E-state index contributed by atoms with van der Waals surface area (Å²) in [5.74, 6) is 0. The van der Waals surface area contributed by atoms with Gasteiger partial charge in [0.1, 0.15) is 0 Å². The van der Waals surface area contributed by atoms with Gasteiger partial charge >= 0.3 is 0 Å². The molecule has 1 aromatic carbocycles. The highest BCUT2D eigenvalue weighted by atomic mass is 35.5. The average molecular weight is 263 g/mol. The minimum absolute atomic E-state index is 0.207. The largest absolute Gasteiger partial charge is 0.272 e. The SMILES string of the molecule is CC(C)(C)c1nn(-c2ccccc2)c(=O)cc1Cl. The lowest BCUT2D eigenvalue weighted by atomic mass is 9.92. The van der Waals surface area contributed by atoms with E-state index < -0.39 is 0 Å². The molecular formula is C14H15ClN2O. The maximum atomic E-state index is 11.9. The average Bonchev–Trinajstić information content (AvgIpc) is 2.28. The Morgan fingerprint density at radius 3 is 2.33 bits per heavy atom. The number of hydrogen-bond acceptors (Lipinski definition) is 2. The summed E-state index contributed by atoms with van der Waals surface area (Å²) in [4.78, 5) is 11.9. The molecule has 1 aromatic heterocycles. The topological polar surface area (TPSA) is 34.9 Å². The molecule has 0 saturated heterocycles. The molecule has 0 spiro atoms. The van der Waals surface area contributed by atoms with Gasteiger partial charge < -0.3 is 0 Å². The lowest BCUT2D eigenvalue weighted by Gasteiger charge is -2.20. The second kappa shape index (κ2) is 4.58. The molecule has 0 saturated carbocycles. The zero-order valence-electron chi connectivity index (χ0n) is 10.6. The normalized spacial score (nSPS) is 11.6. The van der Waals surface area contributed by atoms with Crippen molar-refractivity contribution in [2.75, 3.05) is 0 Å². The molecule has 3 nitrogen and oxygen atoms in total. The Labute approximate surface area is 111 Å². The van der Waals surface area contributed by atoms with E-state index in [1.54, 1.807) is 0 Å². The Morgan fingerprint density at radius 1 is 1.17 bits per heavy atom. The molecular weight excluding hydrogens is 248 g/mol. The molecule has 1 heterocycles. The van der Waals surface area contributed by atoms with Crippen LogP contribution in [0, 0.1) is 0 Å². The number of halogens is 1. The highest BCUT2D eigenvalue weighted by Gasteiger charge is 2.21. The Morgan fingerprint density at radius 2 is 1.78 bits per heavy atom. The van der Waals surface area contributed by atoms with Crippen molar-refractivity contribution >= 4 is 11.6 Å². The van der Waals surface area contributed by atoms with Crippen LogP contribution in [0.2, 0.25) is 5.02 Å². The van der Waals surface area contributed by atoms with Crippen molar-refractivity contribution in [3.05, 3.63) is 57.5 Å². The van der Waals surface area contributed by atoms with Crippen LogP contribution in [0.15, 0.2) is 41.2 Å². The predicted molar refractivity (Wildman–Crippen MR) is 73.5 cm³/mol. The van der Waals surface area contributed by atoms with Crippen LogP contribution >= 0.6 is 11.6 Å². The third kappa shape index (κ3) is 2.46. The molecule has 0 amide bonds. The zero-order valence-corrected chi connectivity index (χ0v) is 11.4. The van der Waals surface area contributed by atoms with Crippen LogP contribution in [0.4, 0.5) is 0 Å². The first kappa shape index (κ1) is 12.8.